The number of phenols is 1. The summed E-state index contributed by atoms with van der Waals surface area (Å²) in [6, 6.07) is 3.61. The number of hydrogen-bond donors (Lipinski definition) is 2. The molecule has 0 amide bonds. The lowest BCUT2D eigenvalue weighted by atomic mass is 9.96. The van der Waals surface area contributed by atoms with Gasteiger partial charge in [0.1, 0.15) is 17.2 Å². The molecular formula is C13H19NO3. The summed E-state index contributed by atoms with van der Waals surface area (Å²) in [5, 5.41) is 13.5. The molecule has 1 heterocycles. The summed E-state index contributed by atoms with van der Waals surface area (Å²) in [5.74, 6) is 1.53. The fourth-order valence-corrected chi connectivity index (χ4v) is 2.32. The third-order valence-electron chi connectivity index (χ3n) is 3.21. The lowest BCUT2D eigenvalue weighted by Gasteiger charge is -2.26. The number of phenolic OH excluding ortho intramolecular Hbond substituents is 1. The molecule has 0 saturated carbocycles. The highest BCUT2D eigenvalue weighted by atomic mass is 16.5. The Morgan fingerprint density at radius 3 is 2.65 bits per heavy atom. The Morgan fingerprint density at radius 1 is 1.24 bits per heavy atom. The maximum absolute atomic E-state index is 10.1. The van der Waals surface area contributed by atoms with Crippen LogP contribution in [0.15, 0.2) is 12.1 Å². The van der Waals surface area contributed by atoms with Crippen LogP contribution in [0.4, 0.5) is 0 Å². The van der Waals surface area contributed by atoms with Gasteiger partial charge >= 0.3 is 0 Å². The molecule has 0 unspecified atom stereocenters. The van der Waals surface area contributed by atoms with Gasteiger partial charge in [-0.25, -0.2) is 0 Å². The van der Waals surface area contributed by atoms with Gasteiger partial charge in [-0.2, -0.15) is 0 Å². The Kier molecular flexibility index (Phi) is 3.74. The monoisotopic (exact) mass is 237 g/mol. The number of rotatable bonds is 3. The average Bonchev–Trinajstić information content (AvgIpc) is 2.38. The summed E-state index contributed by atoms with van der Waals surface area (Å²) < 4.78 is 10.5. The molecule has 0 aromatic heterocycles. The zero-order valence-electron chi connectivity index (χ0n) is 10.3. The molecule has 1 aromatic carbocycles. The van der Waals surface area contributed by atoms with Crippen LogP contribution in [0.5, 0.6) is 17.2 Å². The first-order valence-corrected chi connectivity index (χ1v) is 5.94. The second-order valence-corrected chi connectivity index (χ2v) is 4.26. The second-order valence-electron chi connectivity index (χ2n) is 4.26. The minimum atomic E-state index is 0.171. The highest BCUT2D eigenvalue weighted by Gasteiger charge is 2.22. The molecule has 2 rings (SSSR count). The van der Waals surface area contributed by atoms with Crippen molar-refractivity contribution in [2.45, 2.75) is 25.3 Å². The van der Waals surface area contributed by atoms with Crippen molar-refractivity contribution < 1.29 is 14.6 Å². The number of benzene rings is 1. The third-order valence-corrected chi connectivity index (χ3v) is 3.21. The molecule has 0 aliphatic carbocycles. The maximum atomic E-state index is 10.1. The van der Waals surface area contributed by atoms with Crippen LogP contribution in [0.3, 0.4) is 0 Å². The van der Waals surface area contributed by atoms with E-state index in [0.717, 1.165) is 18.5 Å². The maximum Gasteiger partial charge on any atom is 0.131 e. The summed E-state index contributed by atoms with van der Waals surface area (Å²) in [4.78, 5) is 0. The number of nitrogens with one attached hydrogen (secondary N) is 1. The fourth-order valence-electron chi connectivity index (χ4n) is 2.32. The molecule has 0 radical (unpaired) electrons. The smallest absolute Gasteiger partial charge is 0.131 e. The van der Waals surface area contributed by atoms with Gasteiger partial charge in [-0.1, -0.05) is 6.42 Å². The Labute approximate surface area is 102 Å². The summed E-state index contributed by atoms with van der Waals surface area (Å²) >= 11 is 0. The Hall–Kier alpha value is -1.42. The van der Waals surface area contributed by atoms with Gasteiger partial charge in [-0.15, -0.1) is 0 Å². The molecule has 17 heavy (non-hydrogen) atoms. The van der Waals surface area contributed by atoms with Crippen molar-refractivity contribution in [2.75, 3.05) is 20.8 Å². The number of piperidine rings is 1. The minimum Gasteiger partial charge on any atom is -0.507 e. The van der Waals surface area contributed by atoms with E-state index in [1.165, 1.54) is 12.8 Å². The molecule has 0 spiro atoms. The van der Waals surface area contributed by atoms with Gasteiger partial charge in [-0.3, -0.25) is 0 Å². The predicted octanol–water partition coefficient (Wildman–Crippen LogP) is 2.22. The highest BCUT2D eigenvalue weighted by Crippen LogP contribution is 2.40. The topological polar surface area (TPSA) is 50.7 Å². The summed E-state index contributed by atoms with van der Waals surface area (Å²) in [5.41, 5.74) is 0.841. The molecule has 1 aliphatic rings. The van der Waals surface area contributed by atoms with Crippen LogP contribution in [0.1, 0.15) is 30.9 Å². The quantitative estimate of drug-likeness (QED) is 0.846. The Morgan fingerprint density at radius 2 is 2.06 bits per heavy atom. The Bertz CT molecular complexity index is 386. The fraction of sp³-hybridized carbons (Fsp3) is 0.538. The van der Waals surface area contributed by atoms with Gasteiger partial charge in [0, 0.05) is 18.2 Å². The van der Waals surface area contributed by atoms with Crippen LogP contribution in [0.2, 0.25) is 0 Å². The van der Waals surface area contributed by atoms with Crippen LogP contribution in [-0.2, 0) is 0 Å². The summed E-state index contributed by atoms with van der Waals surface area (Å²) in [7, 11) is 3.19. The zero-order valence-corrected chi connectivity index (χ0v) is 10.3. The van der Waals surface area contributed by atoms with Crippen LogP contribution >= 0.6 is 0 Å². The van der Waals surface area contributed by atoms with E-state index in [1.54, 1.807) is 20.3 Å². The van der Waals surface area contributed by atoms with E-state index in [-0.39, 0.29) is 11.8 Å². The first kappa shape index (κ1) is 12.0. The second kappa shape index (κ2) is 5.27. The average molecular weight is 237 g/mol. The van der Waals surface area contributed by atoms with Crippen LogP contribution in [0, 0.1) is 0 Å². The van der Waals surface area contributed by atoms with Crippen molar-refractivity contribution in [1.29, 1.82) is 0 Å². The van der Waals surface area contributed by atoms with E-state index >= 15 is 0 Å². The van der Waals surface area contributed by atoms with Gasteiger partial charge in [0.25, 0.3) is 0 Å². The van der Waals surface area contributed by atoms with Crippen molar-refractivity contribution in [3.05, 3.63) is 17.7 Å². The minimum absolute atomic E-state index is 0.171. The van der Waals surface area contributed by atoms with Crippen molar-refractivity contribution in [2.24, 2.45) is 0 Å². The lowest BCUT2D eigenvalue weighted by molar-refractivity contribution is 0.349. The molecule has 0 bridgehead atoms. The number of methoxy groups -OCH3 is 2. The number of hydrogen-bond acceptors (Lipinski definition) is 4. The van der Waals surface area contributed by atoms with Gasteiger partial charge in [-0.05, 0) is 19.4 Å². The zero-order chi connectivity index (χ0) is 12.3. The van der Waals surface area contributed by atoms with Gasteiger partial charge in [0.2, 0.25) is 0 Å². The van der Waals surface area contributed by atoms with E-state index in [9.17, 15) is 5.11 Å². The van der Waals surface area contributed by atoms with Crippen LogP contribution in [-0.4, -0.2) is 25.9 Å². The Balaban J connectivity index is 2.36. The SMILES string of the molecule is COc1cc(O)c([C@H]2CCCCN2)c(OC)c1. The predicted molar refractivity (Wildman–Crippen MR) is 65.8 cm³/mol. The van der Waals surface area contributed by atoms with E-state index in [4.69, 9.17) is 9.47 Å². The molecule has 4 nitrogen and oxygen atoms in total. The van der Waals surface area contributed by atoms with Gasteiger partial charge in [0.05, 0.1) is 19.8 Å². The summed E-state index contributed by atoms with van der Waals surface area (Å²) in [6.45, 7) is 0.985. The van der Waals surface area contributed by atoms with Crippen LogP contribution < -0.4 is 14.8 Å². The highest BCUT2D eigenvalue weighted by molar-refractivity contribution is 5.51. The van der Waals surface area contributed by atoms with E-state index in [1.807, 2.05) is 6.07 Å². The molecule has 4 heteroatoms. The van der Waals surface area contributed by atoms with Crippen molar-refractivity contribution >= 4 is 0 Å². The molecule has 1 aromatic rings. The number of aromatic hydroxyl groups is 1. The lowest BCUT2D eigenvalue weighted by Crippen LogP contribution is -2.27. The summed E-state index contributed by atoms with van der Waals surface area (Å²) in [6.07, 6.45) is 3.39. The molecular weight excluding hydrogens is 218 g/mol. The van der Waals surface area contributed by atoms with Crippen molar-refractivity contribution in [3.63, 3.8) is 0 Å². The van der Waals surface area contributed by atoms with E-state index in [0.29, 0.717) is 11.5 Å². The molecule has 2 N–H and O–H groups in total. The van der Waals surface area contributed by atoms with Crippen LogP contribution in [0.25, 0.3) is 0 Å². The molecule has 1 fully saturated rings. The number of ether oxygens (including phenoxy) is 2. The van der Waals surface area contributed by atoms with Gasteiger partial charge in [0.15, 0.2) is 0 Å². The molecule has 94 valence electrons. The van der Waals surface area contributed by atoms with E-state index in [2.05, 4.69) is 5.32 Å². The standard InChI is InChI=1S/C13H19NO3/c1-16-9-7-11(15)13(12(8-9)17-2)10-5-3-4-6-14-10/h7-8,10,14-15H,3-6H2,1-2H3/t10-/m1/s1. The normalized spacial score (nSPS) is 20.0. The van der Waals surface area contributed by atoms with Crippen molar-refractivity contribution in [3.8, 4) is 17.2 Å². The van der Waals surface area contributed by atoms with E-state index < -0.39 is 0 Å². The first-order valence-electron chi connectivity index (χ1n) is 5.94. The van der Waals surface area contributed by atoms with Gasteiger partial charge < -0.3 is 19.9 Å². The van der Waals surface area contributed by atoms with Crippen molar-refractivity contribution in [1.82, 2.24) is 5.32 Å². The molecule has 1 aliphatic heterocycles. The largest absolute Gasteiger partial charge is 0.507 e. The first-order chi connectivity index (χ1) is 8.26. The molecule has 1 atom stereocenters. The third kappa shape index (κ3) is 2.47. The molecule has 1 saturated heterocycles.